The number of halogens is 1. The van der Waals surface area contributed by atoms with Crippen molar-refractivity contribution in [2.45, 2.75) is 0 Å². The molecule has 2 heterocycles. The van der Waals surface area contributed by atoms with Gasteiger partial charge in [-0.1, -0.05) is 11.6 Å². The van der Waals surface area contributed by atoms with E-state index in [1.807, 2.05) is 0 Å². The molecular formula is C20H11ClN4O7. The molecule has 0 radical (unpaired) electrons. The molecule has 32 heavy (non-hydrogen) atoms. The maximum Gasteiger partial charge on any atom is 0.349 e. The average molecular weight is 455 g/mol. The monoisotopic (exact) mass is 454 g/mol. The van der Waals surface area contributed by atoms with Crippen molar-refractivity contribution < 1.29 is 24.0 Å². The van der Waals surface area contributed by atoms with Crippen molar-refractivity contribution in [2.75, 3.05) is 5.32 Å². The van der Waals surface area contributed by atoms with Crippen molar-refractivity contribution in [1.82, 2.24) is 9.78 Å². The molecule has 0 unspecified atom stereocenters. The number of nitrogens with one attached hydrogen (secondary N) is 1. The Balaban J connectivity index is 1.77. The number of aromatic carboxylic acids is 1. The molecule has 0 spiro atoms. The lowest BCUT2D eigenvalue weighted by Gasteiger charge is -2.10. The number of benzene rings is 2. The van der Waals surface area contributed by atoms with Crippen LogP contribution in [-0.2, 0) is 0 Å². The minimum atomic E-state index is -1.36. The van der Waals surface area contributed by atoms with Crippen LogP contribution in [0, 0.1) is 10.1 Å². The molecule has 4 aromatic rings. The van der Waals surface area contributed by atoms with E-state index in [1.165, 1.54) is 6.07 Å². The molecular weight excluding hydrogens is 444 g/mol. The van der Waals surface area contributed by atoms with Crippen LogP contribution < -0.4 is 10.9 Å². The molecule has 2 N–H and O–H groups in total. The second-order valence-electron chi connectivity index (χ2n) is 6.48. The summed E-state index contributed by atoms with van der Waals surface area (Å²) in [6, 6.07) is 10.9. The highest BCUT2D eigenvalue weighted by Gasteiger charge is 2.23. The van der Waals surface area contributed by atoms with Gasteiger partial charge in [0.05, 0.1) is 16.8 Å². The highest BCUT2D eigenvalue weighted by Crippen LogP contribution is 2.24. The molecule has 0 aliphatic carbocycles. The zero-order valence-corrected chi connectivity index (χ0v) is 16.6. The Morgan fingerprint density at radius 2 is 1.84 bits per heavy atom. The molecule has 0 aliphatic rings. The SMILES string of the molecule is O=C(O)c1cnn(-c2ccc(Cl)cc2)c1NC(=O)c1cc2cc([N+](=O)[O-])ccc2oc1=O. The number of hydrogen-bond donors (Lipinski definition) is 2. The minimum Gasteiger partial charge on any atom is -0.477 e. The van der Waals surface area contributed by atoms with E-state index in [-0.39, 0.29) is 28.0 Å². The molecule has 2 aromatic heterocycles. The van der Waals surface area contributed by atoms with Crippen molar-refractivity contribution in [3.8, 4) is 5.69 Å². The van der Waals surface area contributed by atoms with Gasteiger partial charge in [0.25, 0.3) is 11.6 Å². The number of rotatable bonds is 5. The summed E-state index contributed by atoms with van der Waals surface area (Å²) in [5.74, 6) is -2.55. The number of hydrogen-bond acceptors (Lipinski definition) is 7. The van der Waals surface area contributed by atoms with Crippen LogP contribution in [0.5, 0.6) is 0 Å². The molecule has 0 atom stereocenters. The lowest BCUT2D eigenvalue weighted by Crippen LogP contribution is -2.23. The molecule has 160 valence electrons. The van der Waals surface area contributed by atoms with Gasteiger partial charge in [0.1, 0.15) is 16.7 Å². The number of anilines is 1. The number of nitro benzene ring substituents is 1. The quantitative estimate of drug-likeness (QED) is 0.263. The zero-order chi connectivity index (χ0) is 23.0. The fourth-order valence-corrected chi connectivity index (χ4v) is 3.09. The highest BCUT2D eigenvalue weighted by atomic mass is 35.5. The van der Waals surface area contributed by atoms with Crippen LogP contribution in [0.25, 0.3) is 16.7 Å². The molecule has 0 aliphatic heterocycles. The molecule has 0 fully saturated rings. The summed E-state index contributed by atoms with van der Waals surface area (Å²) < 4.78 is 6.24. The first-order chi connectivity index (χ1) is 15.2. The summed E-state index contributed by atoms with van der Waals surface area (Å²) in [6.45, 7) is 0. The Morgan fingerprint density at radius 3 is 2.50 bits per heavy atom. The average Bonchev–Trinajstić information content (AvgIpc) is 3.17. The van der Waals surface area contributed by atoms with Crippen molar-refractivity contribution in [1.29, 1.82) is 0 Å². The van der Waals surface area contributed by atoms with Gasteiger partial charge in [-0.15, -0.1) is 0 Å². The van der Waals surface area contributed by atoms with Gasteiger partial charge in [0, 0.05) is 22.5 Å². The fourth-order valence-electron chi connectivity index (χ4n) is 2.96. The van der Waals surface area contributed by atoms with Gasteiger partial charge in [-0.25, -0.2) is 14.3 Å². The summed E-state index contributed by atoms with van der Waals surface area (Å²) in [5, 5.41) is 27.4. The normalized spacial score (nSPS) is 10.8. The van der Waals surface area contributed by atoms with Crippen molar-refractivity contribution in [3.05, 3.63) is 91.4 Å². The number of amides is 1. The summed E-state index contributed by atoms with van der Waals surface area (Å²) in [6.07, 6.45) is 1.04. The van der Waals surface area contributed by atoms with Gasteiger partial charge in [-0.3, -0.25) is 14.9 Å². The number of aromatic nitrogens is 2. The minimum absolute atomic E-state index is 0.0505. The molecule has 12 heteroatoms. The molecule has 4 rings (SSSR count). The van der Waals surface area contributed by atoms with Gasteiger partial charge >= 0.3 is 11.6 Å². The number of non-ortho nitro benzene ring substituents is 1. The van der Waals surface area contributed by atoms with E-state index in [4.69, 9.17) is 16.0 Å². The van der Waals surface area contributed by atoms with Crippen LogP contribution >= 0.6 is 11.6 Å². The maximum absolute atomic E-state index is 12.8. The molecule has 0 saturated carbocycles. The molecule has 0 saturated heterocycles. The molecule has 2 aromatic carbocycles. The standard InChI is InChI=1S/C20H11ClN4O7/c21-11-1-3-12(4-2-11)24-17(15(9-22-24)19(27)28)23-18(26)14-8-10-7-13(25(30)31)5-6-16(10)32-20(14)29/h1-9H,(H,23,26)(H,27,28). The Bertz CT molecular complexity index is 1460. The third kappa shape index (κ3) is 3.79. The molecule has 0 bridgehead atoms. The number of nitrogens with zero attached hydrogens (tertiary/aromatic N) is 3. The Labute approximate surface area is 182 Å². The summed E-state index contributed by atoms with van der Waals surface area (Å²) in [5.41, 5.74) is -1.61. The highest BCUT2D eigenvalue weighted by molar-refractivity contribution is 6.30. The number of nitro groups is 1. The fraction of sp³-hybridized carbons (Fsp3) is 0. The Hall–Kier alpha value is -4.51. The Kier molecular flexibility index (Phi) is 5.16. The van der Waals surface area contributed by atoms with E-state index in [9.17, 15) is 29.6 Å². The zero-order valence-electron chi connectivity index (χ0n) is 15.8. The first-order valence-corrected chi connectivity index (χ1v) is 9.23. The number of fused-ring (bicyclic) bond motifs is 1. The van der Waals surface area contributed by atoms with E-state index in [0.717, 1.165) is 29.1 Å². The first kappa shape index (κ1) is 20.8. The van der Waals surface area contributed by atoms with E-state index in [2.05, 4.69) is 10.4 Å². The van der Waals surface area contributed by atoms with Crippen LogP contribution in [-0.4, -0.2) is 31.7 Å². The number of carbonyl (C=O) groups excluding carboxylic acids is 1. The van der Waals surface area contributed by atoms with Crippen LogP contribution in [0.15, 0.2) is 63.9 Å². The third-order valence-electron chi connectivity index (χ3n) is 4.47. The topological polar surface area (TPSA) is 158 Å². The van der Waals surface area contributed by atoms with E-state index in [0.29, 0.717) is 10.7 Å². The lowest BCUT2D eigenvalue weighted by molar-refractivity contribution is -0.384. The van der Waals surface area contributed by atoms with Crippen LogP contribution in [0.2, 0.25) is 5.02 Å². The largest absolute Gasteiger partial charge is 0.477 e. The summed E-state index contributed by atoms with van der Waals surface area (Å²) in [4.78, 5) is 47.1. The smallest absolute Gasteiger partial charge is 0.349 e. The predicted octanol–water partition coefficient (Wildman–Crippen LogP) is 3.49. The second kappa shape index (κ2) is 7.96. The predicted molar refractivity (Wildman–Crippen MR) is 113 cm³/mol. The first-order valence-electron chi connectivity index (χ1n) is 8.85. The second-order valence-corrected chi connectivity index (χ2v) is 6.92. The lowest BCUT2D eigenvalue weighted by atomic mass is 10.1. The third-order valence-corrected chi connectivity index (χ3v) is 4.73. The van der Waals surface area contributed by atoms with E-state index >= 15 is 0 Å². The van der Waals surface area contributed by atoms with Gasteiger partial charge < -0.3 is 14.8 Å². The van der Waals surface area contributed by atoms with E-state index < -0.39 is 28.0 Å². The Morgan fingerprint density at radius 1 is 1.12 bits per heavy atom. The van der Waals surface area contributed by atoms with Crippen LogP contribution in [0.4, 0.5) is 11.5 Å². The van der Waals surface area contributed by atoms with Gasteiger partial charge in [0.2, 0.25) is 0 Å². The molecule has 11 nitrogen and oxygen atoms in total. The van der Waals surface area contributed by atoms with Crippen molar-refractivity contribution in [2.24, 2.45) is 0 Å². The summed E-state index contributed by atoms with van der Waals surface area (Å²) in [7, 11) is 0. The number of carboxylic acids is 1. The van der Waals surface area contributed by atoms with Gasteiger partial charge in [-0.05, 0) is 36.4 Å². The summed E-state index contributed by atoms with van der Waals surface area (Å²) >= 11 is 5.87. The van der Waals surface area contributed by atoms with Gasteiger partial charge in [-0.2, -0.15) is 5.10 Å². The number of carbonyl (C=O) groups is 2. The van der Waals surface area contributed by atoms with E-state index in [1.54, 1.807) is 24.3 Å². The maximum atomic E-state index is 12.8. The number of carboxylic acid groups (broad SMARTS) is 1. The van der Waals surface area contributed by atoms with Crippen molar-refractivity contribution >= 4 is 46.0 Å². The van der Waals surface area contributed by atoms with Crippen LogP contribution in [0.3, 0.4) is 0 Å². The van der Waals surface area contributed by atoms with Gasteiger partial charge in [0.15, 0.2) is 5.82 Å². The van der Waals surface area contributed by atoms with Crippen LogP contribution in [0.1, 0.15) is 20.7 Å². The van der Waals surface area contributed by atoms with Crippen molar-refractivity contribution in [3.63, 3.8) is 0 Å². The molecule has 1 amide bonds.